The van der Waals surface area contributed by atoms with Crippen molar-refractivity contribution in [1.29, 1.82) is 0 Å². The topological polar surface area (TPSA) is 45.3 Å². The van der Waals surface area contributed by atoms with E-state index in [1.54, 1.807) is 0 Å². The molecule has 1 aromatic heterocycles. The summed E-state index contributed by atoms with van der Waals surface area (Å²) >= 11 is 6.19. The first-order chi connectivity index (χ1) is 13.0. The highest BCUT2D eigenvalue weighted by Crippen LogP contribution is 2.27. The van der Waals surface area contributed by atoms with Crippen molar-refractivity contribution in [2.24, 2.45) is 0 Å². The summed E-state index contributed by atoms with van der Waals surface area (Å²) in [5.41, 5.74) is 5.68. The highest BCUT2D eigenvalue weighted by atomic mass is 35.5. The van der Waals surface area contributed by atoms with Gasteiger partial charge in [-0.3, -0.25) is 4.79 Å². The average molecular weight is 383 g/mol. The number of carbonyl (C=O) groups excluding carboxylic acids is 1. The minimum Gasteiger partial charge on any atom is -0.484 e. The third-order valence-electron chi connectivity index (χ3n) is 5.29. The Hall–Kier alpha value is -2.46. The standard InChI is InChI=1S/C22H23ClN2O2/c1-14-11-16(12-15(2)22(14)23)27-13-21(26)25-9-7-18-17-5-3-4-6-19(17)24-20(18)8-10-25/h3-6,11-12,24H,7-10,13H2,1-2H3. The first-order valence-electron chi connectivity index (χ1n) is 9.28. The molecule has 0 unspecified atom stereocenters. The van der Waals surface area contributed by atoms with Crippen molar-refractivity contribution >= 4 is 28.4 Å². The summed E-state index contributed by atoms with van der Waals surface area (Å²) in [5.74, 6) is 0.712. The number of carbonyl (C=O) groups is 1. The minimum absolute atomic E-state index is 0.0229. The van der Waals surface area contributed by atoms with E-state index in [-0.39, 0.29) is 12.5 Å². The molecule has 0 atom stereocenters. The molecule has 27 heavy (non-hydrogen) atoms. The van der Waals surface area contributed by atoms with Crippen molar-refractivity contribution in [1.82, 2.24) is 9.88 Å². The maximum absolute atomic E-state index is 12.7. The van der Waals surface area contributed by atoms with Gasteiger partial charge in [0.05, 0.1) is 0 Å². The lowest BCUT2D eigenvalue weighted by Gasteiger charge is -2.20. The Morgan fingerprint density at radius 1 is 1.15 bits per heavy atom. The number of rotatable bonds is 3. The van der Waals surface area contributed by atoms with E-state index in [1.165, 1.54) is 22.2 Å². The van der Waals surface area contributed by atoms with Crippen LogP contribution in [0.2, 0.25) is 5.02 Å². The molecule has 0 fully saturated rings. The molecule has 1 amide bonds. The highest BCUT2D eigenvalue weighted by Gasteiger charge is 2.21. The monoisotopic (exact) mass is 382 g/mol. The van der Waals surface area contributed by atoms with Gasteiger partial charge in [-0.15, -0.1) is 0 Å². The SMILES string of the molecule is Cc1cc(OCC(=O)N2CCc3[nH]c4ccccc4c3CC2)cc(C)c1Cl. The number of nitrogens with zero attached hydrogens (tertiary/aromatic N) is 1. The van der Waals surface area contributed by atoms with Gasteiger partial charge in [-0.2, -0.15) is 0 Å². The van der Waals surface area contributed by atoms with Crippen LogP contribution in [0.1, 0.15) is 22.4 Å². The number of halogens is 1. The van der Waals surface area contributed by atoms with Crippen molar-refractivity contribution in [3.8, 4) is 5.75 Å². The maximum Gasteiger partial charge on any atom is 0.260 e. The number of ether oxygens (including phenoxy) is 1. The van der Waals surface area contributed by atoms with E-state index in [4.69, 9.17) is 16.3 Å². The van der Waals surface area contributed by atoms with E-state index in [1.807, 2.05) is 36.9 Å². The zero-order valence-corrected chi connectivity index (χ0v) is 16.4. The number of H-pyrrole nitrogens is 1. The summed E-state index contributed by atoms with van der Waals surface area (Å²) in [6, 6.07) is 12.1. The molecular weight excluding hydrogens is 360 g/mol. The van der Waals surface area contributed by atoms with Crippen LogP contribution in [0.15, 0.2) is 36.4 Å². The van der Waals surface area contributed by atoms with Gasteiger partial charge in [0, 0.05) is 41.1 Å². The predicted octanol–water partition coefficient (Wildman–Crippen LogP) is 4.44. The van der Waals surface area contributed by atoms with Gasteiger partial charge in [-0.1, -0.05) is 29.8 Å². The largest absolute Gasteiger partial charge is 0.484 e. The zero-order chi connectivity index (χ0) is 19.0. The molecule has 2 aromatic carbocycles. The Kier molecular flexibility index (Phi) is 4.83. The molecular formula is C22H23ClN2O2. The first kappa shape index (κ1) is 17.9. The molecule has 4 nitrogen and oxygen atoms in total. The summed E-state index contributed by atoms with van der Waals surface area (Å²) in [5, 5.41) is 2.01. The van der Waals surface area contributed by atoms with Crippen LogP contribution in [0.25, 0.3) is 10.9 Å². The lowest BCUT2D eigenvalue weighted by atomic mass is 10.1. The van der Waals surface area contributed by atoms with Crippen molar-refractivity contribution in [3.63, 3.8) is 0 Å². The number of aromatic nitrogens is 1. The van der Waals surface area contributed by atoms with Gasteiger partial charge in [0.25, 0.3) is 5.91 Å². The first-order valence-corrected chi connectivity index (χ1v) is 9.66. The molecule has 1 N–H and O–H groups in total. The summed E-state index contributed by atoms with van der Waals surface area (Å²) in [6.45, 7) is 5.36. The van der Waals surface area contributed by atoms with E-state index in [0.717, 1.165) is 35.5 Å². The van der Waals surface area contributed by atoms with Gasteiger partial charge in [0.2, 0.25) is 0 Å². The molecule has 2 heterocycles. The van der Waals surface area contributed by atoms with Gasteiger partial charge in [0.1, 0.15) is 5.75 Å². The minimum atomic E-state index is 0.0229. The van der Waals surface area contributed by atoms with Crippen LogP contribution in [-0.4, -0.2) is 35.5 Å². The van der Waals surface area contributed by atoms with Crippen LogP contribution >= 0.6 is 11.6 Å². The fourth-order valence-electron chi connectivity index (χ4n) is 3.84. The summed E-state index contributed by atoms with van der Waals surface area (Å²) in [4.78, 5) is 18.1. The van der Waals surface area contributed by atoms with Crippen molar-refractivity contribution in [2.45, 2.75) is 26.7 Å². The van der Waals surface area contributed by atoms with Crippen molar-refractivity contribution in [2.75, 3.05) is 19.7 Å². The van der Waals surface area contributed by atoms with Crippen LogP contribution < -0.4 is 4.74 Å². The second kappa shape index (κ2) is 7.28. The summed E-state index contributed by atoms with van der Waals surface area (Å²) in [6.07, 6.45) is 1.71. The van der Waals surface area contributed by atoms with Gasteiger partial charge < -0.3 is 14.6 Å². The fraction of sp³-hybridized carbons (Fsp3) is 0.318. The lowest BCUT2D eigenvalue weighted by Crippen LogP contribution is -2.36. The number of para-hydroxylation sites is 1. The van der Waals surface area contributed by atoms with Gasteiger partial charge in [0.15, 0.2) is 6.61 Å². The number of fused-ring (bicyclic) bond motifs is 3. The predicted molar refractivity (Wildman–Crippen MR) is 109 cm³/mol. The molecule has 3 aromatic rings. The van der Waals surface area contributed by atoms with Crippen molar-refractivity contribution in [3.05, 3.63) is 63.8 Å². The Morgan fingerprint density at radius 2 is 1.85 bits per heavy atom. The molecule has 0 bridgehead atoms. The molecule has 4 rings (SSSR count). The average Bonchev–Trinajstić information content (AvgIpc) is 2.88. The molecule has 1 aliphatic heterocycles. The summed E-state index contributed by atoms with van der Waals surface area (Å²) in [7, 11) is 0. The third kappa shape index (κ3) is 3.54. The second-order valence-corrected chi connectivity index (χ2v) is 7.55. The van der Waals surface area contributed by atoms with Crippen LogP contribution in [0, 0.1) is 13.8 Å². The summed E-state index contributed by atoms with van der Waals surface area (Å²) < 4.78 is 5.75. The second-order valence-electron chi connectivity index (χ2n) is 7.17. The number of hydrogen-bond donors (Lipinski definition) is 1. The van der Waals surface area contributed by atoms with Gasteiger partial charge in [-0.25, -0.2) is 0 Å². The van der Waals surface area contributed by atoms with E-state index < -0.39 is 0 Å². The maximum atomic E-state index is 12.7. The van der Waals surface area contributed by atoms with E-state index in [2.05, 4.69) is 23.2 Å². The molecule has 0 radical (unpaired) electrons. The molecule has 1 aliphatic rings. The Morgan fingerprint density at radius 3 is 2.63 bits per heavy atom. The highest BCUT2D eigenvalue weighted by molar-refractivity contribution is 6.32. The van der Waals surface area contributed by atoms with Crippen LogP contribution in [0.4, 0.5) is 0 Å². The number of aromatic amines is 1. The van der Waals surface area contributed by atoms with E-state index in [9.17, 15) is 4.79 Å². The molecule has 0 spiro atoms. The Balaban J connectivity index is 1.41. The molecule has 0 saturated heterocycles. The normalized spacial score (nSPS) is 14.1. The smallest absolute Gasteiger partial charge is 0.260 e. The fourth-order valence-corrected chi connectivity index (χ4v) is 3.94. The van der Waals surface area contributed by atoms with Gasteiger partial charge in [-0.05, 0) is 55.2 Å². The molecule has 0 aliphatic carbocycles. The number of hydrogen-bond acceptors (Lipinski definition) is 2. The Bertz CT molecular complexity index is 986. The number of benzene rings is 2. The van der Waals surface area contributed by atoms with Gasteiger partial charge >= 0.3 is 0 Å². The quantitative estimate of drug-likeness (QED) is 0.727. The Labute approximate surface area is 164 Å². The van der Waals surface area contributed by atoms with E-state index >= 15 is 0 Å². The lowest BCUT2D eigenvalue weighted by molar-refractivity contribution is -0.133. The molecule has 140 valence electrons. The van der Waals surface area contributed by atoms with Crippen molar-refractivity contribution < 1.29 is 9.53 Å². The van der Waals surface area contributed by atoms with E-state index in [0.29, 0.717) is 12.3 Å². The number of nitrogens with one attached hydrogen (secondary N) is 1. The number of amides is 1. The van der Waals surface area contributed by atoms with Crippen LogP contribution in [0.3, 0.4) is 0 Å². The van der Waals surface area contributed by atoms with Crippen LogP contribution in [-0.2, 0) is 17.6 Å². The number of aryl methyl sites for hydroxylation is 2. The van der Waals surface area contributed by atoms with Crippen LogP contribution in [0.5, 0.6) is 5.75 Å². The zero-order valence-electron chi connectivity index (χ0n) is 15.6. The molecule has 0 saturated carbocycles. The molecule has 5 heteroatoms. The third-order valence-corrected chi connectivity index (χ3v) is 5.89.